The van der Waals surface area contributed by atoms with E-state index in [9.17, 15) is 19.8 Å². The predicted molar refractivity (Wildman–Crippen MR) is 131 cm³/mol. The molecule has 2 N–H and O–H groups in total. The Morgan fingerprint density at radius 1 is 1.00 bits per heavy atom. The number of ether oxygens (including phenoxy) is 1. The van der Waals surface area contributed by atoms with Crippen LogP contribution in [-0.2, 0) is 9.59 Å². The summed E-state index contributed by atoms with van der Waals surface area (Å²) in [6, 6.07) is 19.4. The fourth-order valence-corrected chi connectivity index (χ4v) is 3.94. The summed E-state index contributed by atoms with van der Waals surface area (Å²) < 4.78 is 5.73. The third-order valence-electron chi connectivity index (χ3n) is 5.65. The van der Waals surface area contributed by atoms with Gasteiger partial charge in [-0.1, -0.05) is 55.8 Å². The van der Waals surface area contributed by atoms with E-state index in [4.69, 9.17) is 4.74 Å². The van der Waals surface area contributed by atoms with Crippen molar-refractivity contribution >= 4 is 23.1 Å². The van der Waals surface area contributed by atoms with Crippen molar-refractivity contribution in [2.75, 3.05) is 11.5 Å². The lowest BCUT2D eigenvalue weighted by Gasteiger charge is -2.25. The Balaban J connectivity index is 1.82. The zero-order valence-electron chi connectivity index (χ0n) is 19.4. The molecular weight excluding hydrogens is 430 g/mol. The van der Waals surface area contributed by atoms with E-state index in [1.54, 1.807) is 48.5 Å². The molecule has 0 aromatic heterocycles. The fourth-order valence-electron chi connectivity index (χ4n) is 3.94. The highest BCUT2D eigenvalue weighted by atomic mass is 16.5. The van der Waals surface area contributed by atoms with Gasteiger partial charge in [0.25, 0.3) is 11.7 Å². The van der Waals surface area contributed by atoms with Gasteiger partial charge < -0.3 is 14.9 Å². The van der Waals surface area contributed by atoms with E-state index >= 15 is 0 Å². The molecule has 1 unspecified atom stereocenters. The fraction of sp³-hybridized carbons (Fsp3) is 0.214. The van der Waals surface area contributed by atoms with Crippen LogP contribution in [0.3, 0.4) is 0 Å². The Labute approximate surface area is 198 Å². The molecule has 1 saturated heterocycles. The third-order valence-corrected chi connectivity index (χ3v) is 5.65. The maximum atomic E-state index is 13.2. The van der Waals surface area contributed by atoms with Gasteiger partial charge >= 0.3 is 0 Å². The van der Waals surface area contributed by atoms with Crippen LogP contribution in [0.2, 0.25) is 0 Å². The molecule has 174 valence electrons. The van der Waals surface area contributed by atoms with Crippen LogP contribution >= 0.6 is 0 Å². The highest BCUT2D eigenvalue weighted by Crippen LogP contribution is 2.43. The molecule has 1 aliphatic heterocycles. The average Bonchev–Trinajstić information content (AvgIpc) is 3.08. The van der Waals surface area contributed by atoms with Gasteiger partial charge in [-0.2, -0.15) is 0 Å². The lowest BCUT2D eigenvalue weighted by molar-refractivity contribution is -0.132. The number of benzene rings is 3. The minimum Gasteiger partial charge on any atom is -0.508 e. The molecule has 4 rings (SSSR count). The molecule has 0 radical (unpaired) electrons. The number of carbonyl (C=O) groups is 2. The van der Waals surface area contributed by atoms with E-state index in [0.717, 1.165) is 5.56 Å². The molecular formula is C28H27NO5. The Morgan fingerprint density at radius 2 is 1.68 bits per heavy atom. The number of carbonyl (C=O) groups excluding carboxylic acids is 2. The Bertz CT molecular complexity index is 1240. The summed E-state index contributed by atoms with van der Waals surface area (Å²) in [5.74, 6) is -0.779. The van der Waals surface area contributed by atoms with Gasteiger partial charge in [0.1, 0.15) is 17.3 Å². The maximum Gasteiger partial charge on any atom is 0.300 e. The first-order valence-corrected chi connectivity index (χ1v) is 11.2. The Morgan fingerprint density at radius 3 is 2.29 bits per heavy atom. The molecule has 34 heavy (non-hydrogen) atoms. The van der Waals surface area contributed by atoms with Crippen LogP contribution in [-0.4, -0.2) is 28.5 Å². The van der Waals surface area contributed by atoms with Crippen molar-refractivity contribution in [2.45, 2.75) is 26.8 Å². The Hall–Kier alpha value is -4.06. The van der Waals surface area contributed by atoms with Crippen LogP contribution in [0.25, 0.3) is 5.76 Å². The first-order chi connectivity index (χ1) is 16.3. The first kappa shape index (κ1) is 23.1. The highest BCUT2D eigenvalue weighted by molar-refractivity contribution is 6.51. The molecule has 1 fully saturated rings. The monoisotopic (exact) mass is 457 g/mol. The van der Waals surface area contributed by atoms with Crippen molar-refractivity contribution < 1.29 is 24.5 Å². The number of amides is 1. The van der Waals surface area contributed by atoms with Crippen molar-refractivity contribution in [1.29, 1.82) is 0 Å². The van der Waals surface area contributed by atoms with Gasteiger partial charge in [-0.3, -0.25) is 14.5 Å². The number of hydrogen-bond acceptors (Lipinski definition) is 5. The summed E-state index contributed by atoms with van der Waals surface area (Å²) >= 11 is 0. The van der Waals surface area contributed by atoms with Crippen LogP contribution in [0, 0.1) is 12.8 Å². The Kier molecular flexibility index (Phi) is 6.41. The minimum absolute atomic E-state index is 0.00384. The van der Waals surface area contributed by atoms with Gasteiger partial charge in [0.2, 0.25) is 0 Å². The van der Waals surface area contributed by atoms with Crippen molar-refractivity contribution in [1.82, 2.24) is 0 Å². The topological polar surface area (TPSA) is 87.1 Å². The predicted octanol–water partition coefficient (Wildman–Crippen LogP) is 5.36. The van der Waals surface area contributed by atoms with E-state index in [1.165, 1.54) is 17.0 Å². The van der Waals surface area contributed by atoms with Crippen LogP contribution in [0.5, 0.6) is 11.5 Å². The number of hydrogen-bond donors (Lipinski definition) is 2. The molecule has 1 amide bonds. The number of Topliss-reactive ketones (excluding diaryl/α,β-unsaturated/α-hetero) is 1. The molecule has 0 saturated carbocycles. The van der Waals surface area contributed by atoms with Gasteiger partial charge in [0.15, 0.2) is 0 Å². The largest absolute Gasteiger partial charge is 0.508 e. The highest BCUT2D eigenvalue weighted by Gasteiger charge is 2.47. The third kappa shape index (κ3) is 4.53. The number of aliphatic hydroxyl groups is 1. The van der Waals surface area contributed by atoms with Crippen LogP contribution in [0.15, 0.2) is 78.4 Å². The zero-order valence-corrected chi connectivity index (χ0v) is 19.4. The van der Waals surface area contributed by atoms with Gasteiger partial charge in [0, 0.05) is 11.3 Å². The summed E-state index contributed by atoms with van der Waals surface area (Å²) in [5, 5.41) is 21.2. The second kappa shape index (κ2) is 9.43. The summed E-state index contributed by atoms with van der Waals surface area (Å²) in [6.07, 6.45) is 0. The summed E-state index contributed by atoms with van der Waals surface area (Å²) in [5.41, 5.74) is 2.40. The number of ketones is 1. The minimum atomic E-state index is -0.907. The first-order valence-electron chi connectivity index (χ1n) is 11.2. The number of aromatic hydroxyl groups is 1. The van der Waals surface area contributed by atoms with Gasteiger partial charge in [-0.25, -0.2) is 0 Å². The lowest BCUT2D eigenvalue weighted by atomic mass is 9.94. The molecule has 0 bridgehead atoms. The van der Waals surface area contributed by atoms with E-state index < -0.39 is 17.7 Å². The van der Waals surface area contributed by atoms with Crippen molar-refractivity contribution in [3.8, 4) is 11.5 Å². The number of rotatable bonds is 6. The molecule has 3 aromatic carbocycles. The van der Waals surface area contributed by atoms with Crippen molar-refractivity contribution in [3.05, 3.63) is 95.1 Å². The molecule has 3 aromatic rings. The van der Waals surface area contributed by atoms with E-state index in [-0.39, 0.29) is 17.1 Å². The molecule has 0 spiro atoms. The van der Waals surface area contributed by atoms with E-state index in [1.807, 2.05) is 19.1 Å². The lowest BCUT2D eigenvalue weighted by Crippen LogP contribution is -2.29. The average molecular weight is 458 g/mol. The number of anilines is 1. The molecule has 6 nitrogen and oxygen atoms in total. The smallest absolute Gasteiger partial charge is 0.300 e. The number of phenols is 1. The maximum absolute atomic E-state index is 13.2. The second-order valence-electron chi connectivity index (χ2n) is 8.83. The van der Waals surface area contributed by atoms with Crippen LogP contribution in [0.1, 0.15) is 36.6 Å². The summed E-state index contributed by atoms with van der Waals surface area (Å²) in [4.78, 5) is 27.7. The molecule has 1 aliphatic rings. The molecule has 6 heteroatoms. The zero-order chi connectivity index (χ0) is 24.4. The van der Waals surface area contributed by atoms with E-state index in [2.05, 4.69) is 13.8 Å². The van der Waals surface area contributed by atoms with Gasteiger partial charge in [0.05, 0.1) is 18.2 Å². The number of aryl methyl sites for hydroxylation is 1. The van der Waals surface area contributed by atoms with Crippen LogP contribution < -0.4 is 9.64 Å². The molecule has 0 aliphatic carbocycles. The van der Waals surface area contributed by atoms with Gasteiger partial charge in [-0.05, 0) is 54.8 Å². The summed E-state index contributed by atoms with van der Waals surface area (Å²) in [7, 11) is 0. The summed E-state index contributed by atoms with van der Waals surface area (Å²) in [6.45, 7) is 6.59. The van der Waals surface area contributed by atoms with Crippen molar-refractivity contribution in [3.63, 3.8) is 0 Å². The van der Waals surface area contributed by atoms with E-state index in [0.29, 0.717) is 35.1 Å². The quantitative estimate of drug-likeness (QED) is 0.296. The number of phenolic OH excluding ortho intramolecular Hbond substituents is 1. The number of nitrogens with zero attached hydrogens (tertiary/aromatic N) is 1. The van der Waals surface area contributed by atoms with Crippen LogP contribution in [0.4, 0.5) is 5.69 Å². The SMILES string of the molecule is Cc1ccc(/C(O)=C2/C(=O)C(=O)N(c3ccc(OCC(C)C)cc3)C2c2cccc(O)c2)cc1. The van der Waals surface area contributed by atoms with Crippen molar-refractivity contribution in [2.24, 2.45) is 5.92 Å². The second-order valence-corrected chi connectivity index (χ2v) is 8.83. The molecule has 1 heterocycles. The number of aliphatic hydroxyl groups excluding tert-OH is 1. The standard InChI is InChI=1S/C28H27NO5/c1-17(2)16-34-23-13-11-21(12-14-23)29-25(20-5-4-6-22(30)15-20)24(27(32)28(29)33)26(31)19-9-7-18(3)8-10-19/h4-15,17,25,30-31H,16H2,1-3H3/b26-24-. The van der Waals surface area contributed by atoms with Gasteiger partial charge in [-0.15, -0.1) is 0 Å². The molecule has 1 atom stereocenters. The normalized spacial score (nSPS) is 17.4.